The Kier molecular flexibility index (Phi) is 4.35. The molecule has 3 heterocycles. The standard InChI is InChI=1S/C14H22N2O4S/c1-19-12-5-2-8-15(11-12)21(17,18)16-9-3-6-13(16)14-7-4-10-20-14/h4,7,10,12-13H,2-3,5-6,8-9,11H2,1H3. The molecule has 2 aliphatic heterocycles. The van der Waals surface area contributed by atoms with E-state index >= 15 is 0 Å². The Hall–Kier alpha value is -0.890. The summed E-state index contributed by atoms with van der Waals surface area (Å²) in [7, 11) is -1.81. The van der Waals surface area contributed by atoms with Gasteiger partial charge in [0, 0.05) is 26.7 Å². The van der Waals surface area contributed by atoms with Gasteiger partial charge in [0.05, 0.1) is 18.4 Å². The summed E-state index contributed by atoms with van der Waals surface area (Å²) in [5.74, 6) is 0.733. The Morgan fingerprint density at radius 2 is 2.10 bits per heavy atom. The second-order valence-corrected chi connectivity index (χ2v) is 7.53. The zero-order valence-corrected chi connectivity index (χ0v) is 13.1. The number of piperidine rings is 1. The third-order valence-corrected chi connectivity index (χ3v) is 6.39. The minimum atomic E-state index is -3.45. The Morgan fingerprint density at radius 1 is 1.29 bits per heavy atom. The van der Waals surface area contributed by atoms with Crippen molar-refractivity contribution in [1.29, 1.82) is 0 Å². The first-order valence-corrected chi connectivity index (χ1v) is 8.85. The van der Waals surface area contributed by atoms with Gasteiger partial charge in [-0.25, -0.2) is 0 Å². The second-order valence-electron chi connectivity index (χ2n) is 5.65. The van der Waals surface area contributed by atoms with E-state index in [1.165, 1.54) is 0 Å². The SMILES string of the molecule is COC1CCCN(S(=O)(=O)N2CCCC2c2ccco2)C1. The van der Waals surface area contributed by atoms with Crippen LogP contribution in [0.25, 0.3) is 0 Å². The van der Waals surface area contributed by atoms with Crippen molar-refractivity contribution < 1.29 is 17.6 Å². The predicted octanol–water partition coefficient (Wildman–Crippen LogP) is 1.77. The molecule has 118 valence electrons. The van der Waals surface area contributed by atoms with Crippen molar-refractivity contribution in [2.45, 2.75) is 37.8 Å². The number of ether oxygens (including phenoxy) is 1. The first-order valence-electron chi connectivity index (χ1n) is 7.46. The lowest BCUT2D eigenvalue weighted by molar-refractivity contribution is 0.0550. The van der Waals surface area contributed by atoms with Crippen LogP contribution in [-0.4, -0.2) is 49.9 Å². The van der Waals surface area contributed by atoms with Gasteiger partial charge in [0.2, 0.25) is 0 Å². The molecule has 0 aliphatic carbocycles. The molecule has 0 aromatic carbocycles. The molecule has 1 aromatic rings. The molecule has 6 nitrogen and oxygen atoms in total. The molecule has 0 radical (unpaired) electrons. The highest BCUT2D eigenvalue weighted by atomic mass is 32.2. The van der Waals surface area contributed by atoms with E-state index in [1.807, 2.05) is 6.07 Å². The fourth-order valence-corrected chi connectivity index (χ4v) is 5.14. The highest BCUT2D eigenvalue weighted by Gasteiger charge is 2.41. The Bertz CT molecular complexity index is 558. The molecule has 7 heteroatoms. The number of nitrogens with zero attached hydrogens (tertiary/aromatic N) is 2. The largest absolute Gasteiger partial charge is 0.468 e. The van der Waals surface area contributed by atoms with Gasteiger partial charge in [-0.3, -0.25) is 0 Å². The fourth-order valence-electron chi connectivity index (χ4n) is 3.24. The van der Waals surface area contributed by atoms with Gasteiger partial charge >= 0.3 is 0 Å². The summed E-state index contributed by atoms with van der Waals surface area (Å²) in [5, 5.41) is 0. The van der Waals surface area contributed by atoms with Gasteiger partial charge in [0.1, 0.15) is 5.76 Å². The zero-order valence-electron chi connectivity index (χ0n) is 12.3. The molecule has 2 fully saturated rings. The molecule has 2 saturated heterocycles. The van der Waals surface area contributed by atoms with Crippen molar-refractivity contribution in [3.05, 3.63) is 24.2 Å². The molecule has 0 saturated carbocycles. The van der Waals surface area contributed by atoms with E-state index in [0.29, 0.717) is 19.6 Å². The number of furan rings is 1. The summed E-state index contributed by atoms with van der Waals surface area (Å²) in [6.45, 7) is 1.58. The third-order valence-electron chi connectivity index (χ3n) is 4.37. The van der Waals surface area contributed by atoms with Crippen LogP contribution in [0.15, 0.2) is 22.8 Å². The van der Waals surface area contributed by atoms with Gasteiger partial charge in [-0.15, -0.1) is 0 Å². The molecule has 2 atom stereocenters. The maximum absolute atomic E-state index is 12.9. The van der Waals surface area contributed by atoms with E-state index in [1.54, 1.807) is 28.0 Å². The average molecular weight is 314 g/mol. The normalized spacial score (nSPS) is 29.0. The molecule has 2 unspecified atom stereocenters. The Balaban J connectivity index is 1.80. The lowest BCUT2D eigenvalue weighted by Gasteiger charge is -2.35. The number of hydrogen-bond acceptors (Lipinski definition) is 4. The van der Waals surface area contributed by atoms with Crippen molar-refractivity contribution in [1.82, 2.24) is 8.61 Å². The van der Waals surface area contributed by atoms with E-state index < -0.39 is 10.2 Å². The van der Waals surface area contributed by atoms with E-state index in [-0.39, 0.29) is 12.1 Å². The fraction of sp³-hybridized carbons (Fsp3) is 0.714. The lowest BCUT2D eigenvalue weighted by Crippen LogP contribution is -2.49. The second kappa shape index (κ2) is 6.08. The maximum Gasteiger partial charge on any atom is 0.282 e. The van der Waals surface area contributed by atoms with Crippen molar-refractivity contribution >= 4 is 10.2 Å². The first-order chi connectivity index (χ1) is 10.1. The number of hydrogen-bond donors (Lipinski definition) is 0. The smallest absolute Gasteiger partial charge is 0.282 e. The minimum Gasteiger partial charge on any atom is -0.468 e. The predicted molar refractivity (Wildman–Crippen MR) is 77.9 cm³/mol. The summed E-state index contributed by atoms with van der Waals surface area (Å²) in [5.41, 5.74) is 0. The Morgan fingerprint density at radius 3 is 2.81 bits per heavy atom. The lowest BCUT2D eigenvalue weighted by atomic mass is 10.1. The summed E-state index contributed by atoms with van der Waals surface area (Å²) >= 11 is 0. The van der Waals surface area contributed by atoms with Gasteiger partial charge in [-0.2, -0.15) is 17.0 Å². The monoisotopic (exact) mass is 314 g/mol. The molecular weight excluding hydrogens is 292 g/mol. The van der Waals surface area contributed by atoms with Crippen LogP contribution in [0.1, 0.15) is 37.5 Å². The number of rotatable bonds is 4. The van der Waals surface area contributed by atoms with Crippen molar-refractivity contribution in [2.75, 3.05) is 26.7 Å². The van der Waals surface area contributed by atoms with Gasteiger partial charge in [-0.05, 0) is 37.8 Å². The molecule has 0 bridgehead atoms. The molecule has 0 amide bonds. The van der Waals surface area contributed by atoms with Crippen LogP contribution >= 0.6 is 0 Å². The van der Waals surface area contributed by atoms with Crippen LogP contribution in [0.2, 0.25) is 0 Å². The summed E-state index contributed by atoms with van der Waals surface area (Å²) in [6.07, 6.45) is 5.04. The van der Waals surface area contributed by atoms with Crippen LogP contribution in [0.3, 0.4) is 0 Å². The molecule has 21 heavy (non-hydrogen) atoms. The maximum atomic E-state index is 12.9. The van der Waals surface area contributed by atoms with Gasteiger partial charge < -0.3 is 9.15 Å². The Labute approximate surface area is 125 Å². The van der Waals surface area contributed by atoms with E-state index in [9.17, 15) is 8.42 Å². The topological polar surface area (TPSA) is 63.0 Å². The molecule has 3 rings (SSSR count). The molecule has 2 aliphatic rings. The van der Waals surface area contributed by atoms with Crippen molar-refractivity contribution in [3.63, 3.8) is 0 Å². The van der Waals surface area contributed by atoms with Gasteiger partial charge in [0.25, 0.3) is 10.2 Å². The van der Waals surface area contributed by atoms with E-state index in [2.05, 4.69) is 0 Å². The highest BCUT2D eigenvalue weighted by molar-refractivity contribution is 7.86. The zero-order chi connectivity index (χ0) is 14.9. The van der Waals surface area contributed by atoms with Crippen LogP contribution in [0, 0.1) is 0 Å². The summed E-state index contributed by atoms with van der Waals surface area (Å²) in [6, 6.07) is 3.49. The molecule has 0 spiro atoms. The van der Waals surface area contributed by atoms with E-state index in [4.69, 9.17) is 9.15 Å². The highest BCUT2D eigenvalue weighted by Crippen LogP contribution is 2.36. The first kappa shape index (κ1) is 15.0. The van der Waals surface area contributed by atoms with Crippen LogP contribution in [-0.2, 0) is 14.9 Å². The number of methoxy groups -OCH3 is 1. The minimum absolute atomic E-state index is 0.00168. The summed E-state index contributed by atoms with van der Waals surface area (Å²) in [4.78, 5) is 0. The van der Waals surface area contributed by atoms with Crippen LogP contribution < -0.4 is 0 Å². The van der Waals surface area contributed by atoms with Gasteiger partial charge in [-0.1, -0.05) is 0 Å². The third kappa shape index (κ3) is 2.88. The van der Waals surface area contributed by atoms with E-state index in [0.717, 1.165) is 31.4 Å². The molecular formula is C14H22N2O4S. The van der Waals surface area contributed by atoms with Gasteiger partial charge in [0.15, 0.2) is 0 Å². The molecule has 0 N–H and O–H groups in total. The van der Waals surface area contributed by atoms with Crippen molar-refractivity contribution in [2.24, 2.45) is 0 Å². The quantitative estimate of drug-likeness (QED) is 0.850. The van der Waals surface area contributed by atoms with Crippen LogP contribution in [0.5, 0.6) is 0 Å². The summed E-state index contributed by atoms with van der Waals surface area (Å²) < 4.78 is 39.7. The van der Waals surface area contributed by atoms with Crippen molar-refractivity contribution in [3.8, 4) is 0 Å². The van der Waals surface area contributed by atoms with Crippen LogP contribution in [0.4, 0.5) is 0 Å². The average Bonchev–Trinajstić information content (AvgIpc) is 3.17. The molecule has 1 aromatic heterocycles.